The molecule has 94 valence electrons. The van der Waals surface area contributed by atoms with Crippen molar-refractivity contribution in [2.24, 2.45) is 0 Å². The molecule has 0 amide bonds. The summed E-state index contributed by atoms with van der Waals surface area (Å²) in [6, 6.07) is 6.64. The lowest BCUT2D eigenvalue weighted by atomic mass is 10.1. The molecule has 0 radical (unpaired) electrons. The molecule has 4 N–H and O–H groups in total. The minimum absolute atomic E-state index is 0.218. The van der Waals surface area contributed by atoms with Gasteiger partial charge in [-0.15, -0.1) is 0 Å². The molecule has 1 atom stereocenters. The van der Waals surface area contributed by atoms with E-state index >= 15 is 0 Å². The number of nitrogens with one attached hydrogen (secondary N) is 2. The SMILES string of the molecule is Cc1cccc(NCC(O)CO)c1NC1CC1. The normalized spacial score (nSPS) is 16.6. The molecule has 1 saturated carbocycles. The first kappa shape index (κ1) is 12.2. The molecule has 1 aromatic carbocycles. The number of para-hydroxylation sites is 1. The zero-order valence-electron chi connectivity index (χ0n) is 10.1. The van der Waals surface area contributed by atoms with E-state index in [0.717, 1.165) is 11.4 Å². The molecule has 1 fully saturated rings. The van der Waals surface area contributed by atoms with Gasteiger partial charge in [0.25, 0.3) is 0 Å². The molecule has 4 nitrogen and oxygen atoms in total. The second kappa shape index (κ2) is 5.38. The molecule has 1 aromatic rings. The quantitative estimate of drug-likeness (QED) is 0.602. The third kappa shape index (κ3) is 3.35. The van der Waals surface area contributed by atoms with Crippen LogP contribution in [0.3, 0.4) is 0 Å². The number of aryl methyl sites for hydroxylation is 1. The first-order chi connectivity index (χ1) is 8.20. The maximum absolute atomic E-state index is 9.34. The Morgan fingerprint density at radius 3 is 2.82 bits per heavy atom. The Bertz CT molecular complexity index is 378. The Morgan fingerprint density at radius 1 is 1.41 bits per heavy atom. The van der Waals surface area contributed by atoms with Crippen molar-refractivity contribution in [3.8, 4) is 0 Å². The predicted molar refractivity (Wildman–Crippen MR) is 69.4 cm³/mol. The predicted octanol–water partition coefficient (Wildman–Crippen LogP) is 1.33. The number of benzene rings is 1. The van der Waals surface area contributed by atoms with Crippen LogP contribution in [0.1, 0.15) is 18.4 Å². The fourth-order valence-corrected chi connectivity index (χ4v) is 1.73. The first-order valence-electron chi connectivity index (χ1n) is 6.09. The summed E-state index contributed by atoms with van der Waals surface area (Å²) >= 11 is 0. The summed E-state index contributed by atoms with van der Waals surface area (Å²) in [5.41, 5.74) is 3.30. The number of rotatable bonds is 6. The van der Waals surface area contributed by atoms with Crippen LogP contribution in [0.15, 0.2) is 18.2 Å². The lowest BCUT2D eigenvalue weighted by Gasteiger charge is -2.17. The van der Waals surface area contributed by atoms with Crippen molar-refractivity contribution in [3.05, 3.63) is 23.8 Å². The van der Waals surface area contributed by atoms with E-state index in [0.29, 0.717) is 12.6 Å². The molecule has 4 heteroatoms. The summed E-state index contributed by atoms with van der Waals surface area (Å²) in [6.07, 6.45) is 1.74. The second-order valence-corrected chi connectivity index (χ2v) is 4.63. The zero-order chi connectivity index (χ0) is 12.3. The molecule has 1 aliphatic rings. The Morgan fingerprint density at radius 2 is 2.18 bits per heavy atom. The van der Waals surface area contributed by atoms with E-state index in [2.05, 4.69) is 23.6 Å². The number of anilines is 2. The Balaban J connectivity index is 2.05. The monoisotopic (exact) mass is 236 g/mol. The van der Waals surface area contributed by atoms with Gasteiger partial charge in [0.2, 0.25) is 0 Å². The van der Waals surface area contributed by atoms with Crippen LogP contribution >= 0.6 is 0 Å². The van der Waals surface area contributed by atoms with Gasteiger partial charge < -0.3 is 20.8 Å². The van der Waals surface area contributed by atoms with E-state index in [1.807, 2.05) is 12.1 Å². The number of aliphatic hydroxyl groups is 2. The van der Waals surface area contributed by atoms with Gasteiger partial charge in [0.15, 0.2) is 0 Å². The average Bonchev–Trinajstić information content (AvgIpc) is 3.13. The zero-order valence-corrected chi connectivity index (χ0v) is 10.1. The molecule has 0 saturated heterocycles. The van der Waals surface area contributed by atoms with Gasteiger partial charge in [-0.25, -0.2) is 0 Å². The fourth-order valence-electron chi connectivity index (χ4n) is 1.73. The molecule has 0 aliphatic heterocycles. The van der Waals surface area contributed by atoms with Crippen LogP contribution in [0.2, 0.25) is 0 Å². The highest BCUT2D eigenvalue weighted by Crippen LogP contribution is 2.31. The molecular weight excluding hydrogens is 216 g/mol. The van der Waals surface area contributed by atoms with Crippen LogP contribution in [-0.4, -0.2) is 35.5 Å². The van der Waals surface area contributed by atoms with Gasteiger partial charge in [-0.3, -0.25) is 0 Å². The van der Waals surface area contributed by atoms with E-state index in [1.165, 1.54) is 18.4 Å². The van der Waals surface area contributed by atoms with E-state index in [1.54, 1.807) is 0 Å². The first-order valence-corrected chi connectivity index (χ1v) is 6.09. The molecule has 1 aliphatic carbocycles. The van der Waals surface area contributed by atoms with E-state index in [-0.39, 0.29) is 6.61 Å². The van der Waals surface area contributed by atoms with Crippen molar-refractivity contribution < 1.29 is 10.2 Å². The Kier molecular flexibility index (Phi) is 3.86. The summed E-state index contributed by atoms with van der Waals surface area (Å²) in [4.78, 5) is 0. The number of hydrogen-bond acceptors (Lipinski definition) is 4. The van der Waals surface area contributed by atoms with E-state index in [4.69, 9.17) is 5.11 Å². The number of hydrogen-bond donors (Lipinski definition) is 4. The standard InChI is InChI=1S/C13H20N2O2/c1-9-3-2-4-12(14-7-11(17)8-16)13(9)15-10-5-6-10/h2-4,10-11,14-17H,5-8H2,1H3. The highest BCUT2D eigenvalue weighted by atomic mass is 16.3. The molecule has 0 spiro atoms. The van der Waals surface area contributed by atoms with Crippen molar-refractivity contribution in [1.82, 2.24) is 0 Å². The summed E-state index contributed by atoms with van der Waals surface area (Å²) in [7, 11) is 0. The largest absolute Gasteiger partial charge is 0.394 e. The van der Waals surface area contributed by atoms with Crippen LogP contribution in [0.25, 0.3) is 0 Å². The maximum Gasteiger partial charge on any atom is 0.0942 e. The molecular formula is C13H20N2O2. The molecule has 0 aromatic heterocycles. The highest BCUT2D eigenvalue weighted by Gasteiger charge is 2.22. The van der Waals surface area contributed by atoms with Crippen molar-refractivity contribution >= 4 is 11.4 Å². The summed E-state index contributed by atoms with van der Waals surface area (Å²) in [5.74, 6) is 0. The topological polar surface area (TPSA) is 64.5 Å². The van der Waals surface area contributed by atoms with Gasteiger partial charge in [0.1, 0.15) is 0 Å². The average molecular weight is 236 g/mol. The van der Waals surface area contributed by atoms with Gasteiger partial charge in [-0.1, -0.05) is 12.1 Å². The van der Waals surface area contributed by atoms with Crippen LogP contribution < -0.4 is 10.6 Å². The van der Waals surface area contributed by atoms with Crippen molar-refractivity contribution in [2.75, 3.05) is 23.8 Å². The van der Waals surface area contributed by atoms with Gasteiger partial charge in [0, 0.05) is 12.6 Å². The fraction of sp³-hybridized carbons (Fsp3) is 0.538. The van der Waals surface area contributed by atoms with E-state index < -0.39 is 6.10 Å². The van der Waals surface area contributed by atoms with Crippen LogP contribution in [0.5, 0.6) is 0 Å². The van der Waals surface area contributed by atoms with Crippen LogP contribution in [0, 0.1) is 6.92 Å². The van der Waals surface area contributed by atoms with Crippen molar-refractivity contribution in [2.45, 2.75) is 31.9 Å². The van der Waals surface area contributed by atoms with Crippen molar-refractivity contribution in [1.29, 1.82) is 0 Å². The molecule has 0 bridgehead atoms. The summed E-state index contributed by atoms with van der Waals surface area (Å²) in [5, 5.41) is 24.8. The minimum Gasteiger partial charge on any atom is -0.394 e. The molecule has 1 unspecified atom stereocenters. The van der Waals surface area contributed by atoms with Gasteiger partial charge in [-0.2, -0.15) is 0 Å². The third-order valence-corrected chi connectivity index (χ3v) is 2.94. The van der Waals surface area contributed by atoms with Gasteiger partial charge >= 0.3 is 0 Å². The highest BCUT2D eigenvalue weighted by molar-refractivity contribution is 5.73. The minimum atomic E-state index is -0.718. The van der Waals surface area contributed by atoms with Crippen LogP contribution in [-0.2, 0) is 0 Å². The Hall–Kier alpha value is -1.26. The molecule has 0 heterocycles. The van der Waals surface area contributed by atoms with Gasteiger partial charge in [0.05, 0.1) is 24.1 Å². The lowest BCUT2D eigenvalue weighted by molar-refractivity contribution is 0.105. The summed E-state index contributed by atoms with van der Waals surface area (Å²) in [6.45, 7) is 2.21. The second-order valence-electron chi connectivity index (χ2n) is 4.63. The number of aliphatic hydroxyl groups excluding tert-OH is 2. The van der Waals surface area contributed by atoms with E-state index in [9.17, 15) is 5.11 Å². The van der Waals surface area contributed by atoms with Gasteiger partial charge in [-0.05, 0) is 31.4 Å². The van der Waals surface area contributed by atoms with Crippen molar-refractivity contribution in [3.63, 3.8) is 0 Å². The summed E-state index contributed by atoms with van der Waals surface area (Å²) < 4.78 is 0. The van der Waals surface area contributed by atoms with Crippen LogP contribution in [0.4, 0.5) is 11.4 Å². The smallest absolute Gasteiger partial charge is 0.0942 e. The Labute approximate surface area is 102 Å². The molecule has 2 rings (SSSR count). The molecule has 17 heavy (non-hydrogen) atoms. The third-order valence-electron chi connectivity index (χ3n) is 2.94. The maximum atomic E-state index is 9.34. The lowest BCUT2D eigenvalue weighted by Crippen LogP contribution is -2.23.